The summed E-state index contributed by atoms with van der Waals surface area (Å²) < 4.78 is 14.0. The molecule has 0 amide bonds. The Morgan fingerprint density at radius 1 is 1.25 bits per heavy atom. The summed E-state index contributed by atoms with van der Waals surface area (Å²) in [6.07, 6.45) is 2.13. The van der Waals surface area contributed by atoms with E-state index in [1.54, 1.807) is 0 Å². The third kappa shape index (κ3) is 2.62. The van der Waals surface area contributed by atoms with Gasteiger partial charge in [0, 0.05) is 11.6 Å². The number of hydrogen-bond acceptors (Lipinski definition) is 1. The lowest BCUT2D eigenvalue weighted by atomic mass is 9.88. The Kier molecular flexibility index (Phi) is 4.94. The van der Waals surface area contributed by atoms with Crippen LogP contribution in [-0.4, -0.2) is 7.05 Å². The molecular weight excluding hydrogens is 201 g/mol. The van der Waals surface area contributed by atoms with E-state index in [0.717, 1.165) is 24.0 Å². The Hall–Kier alpha value is -0.890. The van der Waals surface area contributed by atoms with E-state index in [4.69, 9.17) is 0 Å². The number of halogens is 1. The van der Waals surface area contributed by atoms with E-state index >= 15 is 0 Å². The minimum atomic E-state index is -0.0613. The number of rotatable bonds is 5. The average Bonchev–Trinajstić information content (AvgIpc) is 2.30. The predicted molar refractivity (Wildman–Crippen MR) is 67.0 cm³/mol. The Bertz CT molecular complexity index is 332. The molecular formula is C14H22FN. The van der Waals surface area contributed by atoms with Crippen LogP contribution in [0.4, 0.5) is 4.39 Å². The van der Waals surface area contributed by atoms with Gasteiger partial charge in [0.2, 0.25) is 0 Å². The number of hydrogen-bond donors (Lipinski definition) is 1. The van der Waals surface area contributed by atoms with Crippen molar-refractivity contribution in [1.29, 1.82) is 0 Å². The first kappa shape index (κ1) is 13.2. The van der Waals surface area contributed by atoms with Gasteiger partial charge in [-0.15, -0.1) is 0 Å². The Labute approximate surface area is 98.1 Å². The van der Waals surface area contributed by atoms with Gasteiger partial charge in [-0.1, -0.05) is 44.9 Å². The SMILES string of the molecule is CCC(CC)C(NC)c1cccc(C)c1F. The van der Waals surface area contributed by atoms with Gasteiger partial charge in [-0.2, -0.15) is 0 Å². The molecule has 2 heteroatoms. The van der Waals surface area contributed by atoms with Crippen molar-refractivity contribution in [2.75, 3.05) is 7.05 Å². The molecule has 0 heterocycles. The summed E-state index contributed by atoms with van der Waals surface area (Å²) >= 11 is 0. The Balaban J connectivity index is 3.07. The molecule has 0 aliphatic heterocycles. The summed E-state index contributed by atoms with van der Waals surface area (Å²) in [6, 6.07) is 5.76. The summed E-state index contributed by atoms with van der Waals surface area (Å²) in [4.78, 5) is 0. The van der Waals surface area contributed by atoms with E-state index in [0.29, 0.717) is 5.92 Å². The molecule has 1 rings (SSSR count). The maximum atomic E-state index is 14.0. The van der Waals surface area contributed by atoms with E-state index in [-0.39, 0.29) is 11.9 Å². The van der Waals surface area contributed by atoms with Crippen LogP contribution in [0.1, 0.15) is 43.9 Å². The monoisotopic (exact) mass is 223 g/mol. The highest BCUT2D eigenvalue weighted by Gasteiger charge is 2.21. The highest BCUT2D eigenvalue weighted by molar-refractivity contribution is 5.28. The zero-order valence-corrected chi connectivity index (χ0v) is 10.7. The van der Waals surface area contributed by atoms with Gasteiger partial charge in [-0.05, 0) is 25.5 Å². The third-order valence-electron chi connectivity index (χ3n) is 3.39. The molecule has 1 atom stereocenters. The van der Waals surface area contributed by atoms with Crippen molar-refractivity contribution in [3.8, 4) is 0 Å². The molecule has 0 radical (unpaired) electrons. The van der Waals surface area contributed by atoms with Crippen molar-refractivity contribution in [2.45, 2.75) is 39.7 Å². The molecule has 1 nitrogen and oxygen atoms in total. The fraction of sp³-hybridized carbons (Fsp3) is 0.571. The summed E-state index contributed by atoms with van der Waals surface area (Å²) in [7, 11) is 1.91. The van der Waals surface area contributed by atoms with Crippen LogP contribution in [0.5, 0.6) is 0 Å². The lowest BCUT2D eigenvalue weighted by Gasteiger charge is -2.26. The van der Waals surface area contributed by atoms with Crippen molar-refractivity contribution in [3.63, 3.8) is 0 Å². The van der Waals surface area contributed by atoms with Crippen LogP contribution in [0.2, 0.25) is 0 Å². The lowest BCUT2D eigenvalue weighted by molar-refractivity contribution is 0.349. The largest absolute Gasteiger partial charge is 0.313 e. The number of aryl methyl sites for hydroxylation is 1. The van der Waals surface area contributed by atoms with Crippen LogP contribution >= 0.6 is 0 Å². The van der Waals surface area contributed by atoms with E-state index in [9.17, 15) is 4.39 Å². The lowest BCUT2D eigenvalue weighted by Crippen LogP contribution is -2.25. The summed E-state index contributed by atoms with van der Waals surface area (Å²) in [6.45, 7) is 6.14. The quantitative estimate of drug-likeness (QED) is 0.800. The van der Waals surface area contributed by atoms with Gasteiger partial charge in [-0.25, -0.2) is 4.39 Å². The highest BCUT2D eigenvalue weighted by atomic mass is 19.1. The van der Waals surface area contributed by atoms with Crippen LogP contribution in [-0.2, 0) is 0 Å². The molecule has 0 bridgehead atoms. The molecule has 0 aliphatic rings. The van der Waals surface area contributed by atoms with Crippen molar-refractivity contribution in [3.05, 3.63) is 35.1 Å². The van der Waals surface area contributed by atoms with Crippen LogP contribution in [0.25, 0.3) is 0 Å². The number of benzene rings is 1. The Morgan fingerprint density at radius 3 is 2.38 bits per heavy atom. The van der Waals surface area contributed by atoms with Crippen molar-refractivity contribution >= 4 is 0 Å². The molecule has 0 fully saturated rings. The third-order valence-corrected chi connectivity index (χ3v) is 3.39. The van der Waals surface area contributed by atoms with E-state index in [1.165, 1.54) is 0 Å². The van der Waals surface area contributed by atoms with E-state index in [2.05, 4.69) is 19.2 Å². The average molecular weight is 223 g/mol. The van der Waals surface area contributed by atoms with Crippen LogP contribution in [0.3, 0.4) is 0 Å². The van der Waals surface area contributed by atoms with Gasteiger partial charge in [0.05, 0.1) is 0 Å². The normalized spacial score (nSPS) is 13.1. The smallest absolute Gasteiger partial charge is 0.130 e. The van der Waals surface area contributed by atoms with Crippen molar-refractivity contribution < 1.29 is 4.39 Å². The second-order valence-electron chi connectivity index (χ2n) is 4.32. The van der Waals surface area contributed by atoms with E-state index < -0.39 is 0 Å². The van der Waals surface area contributed by atoms with Crippen molar-refractivity contribution in [1.82, 2.24) is 5.32 Å². The van der Waals surface area contributed by atoms with Crippen LogP contribution in [0, 0.1) is 18.7 Å². The second kappa shape index (κ2) is 6.00. The molecule has 1 unspecified atom stereocenters. The Morgan fingerprint density at radius 2 is 1.88 bits per heavy atom. The maximum Gasteiger partial charge on any atom is 0.130 e. The summed E-state index contributed by atoms with van der Waals surface area (Å²) in [5.74, 6) is 0.426. The molecule has 1 aromatic carbocycles. The fourth-order valence-electron chi connectivity index (χ4n) is 2.32. The molecule has 1 aromatic rings. The van der Waals surface area contributed by atoms with Crippen LogP contribution in [0.15, 0.2) is 18.2 Å². The van der Waals surface area contributed by atoms with Gasteiger partial charge in [-0.3, -0.25) is 0 Å². The number of nitrogens with one attached hydrogen (secondary N) is 1. The first-order valence-corrected chi connectivity index (χ1v) is 6.07. The minimum absolute atomic E-state index is 0.0613. The molecule has 0 spiro atoms. The standard InChI is InChI=1S/C14H22FN/c1-5-11(6-2)14(16-4)12-9-7-8-10(3)13(12)15/h7-9,11,14,16H,5-6H2,1-4H3. The van der Waals surface area contributed by atoms with Gasteiger partial charge >= 0.3 is 0 Å². The predicted octanol–water partition coefficient (Wildman–Crippen LogP) is 3.83. The molecule has 0 aliphatic carbocycles. The molecule has 0 saturated heterocycles. The zero-order chi connectivity index (χ0) is 12.1. The summed E-state index contributed by atoms with van der Waals surface area (Å²) in [5, 5.41) is 3.25. The topological polar surface area (TPSA) is 12.0 Å². The minimum Gasteiger partial charge on any atom is -0.313 e. The zero-order valence-electron chi connectivity index (χ0n) is 10.7. The molecule has 0 aromatic heterocycles. The van der Waals surface area contributed by atoms with E-state index in [1.807, 2.05) is 32.2 Å². The van der Waals surface area contributed by atoms with Crippen molar-refractivity contribution in [2.24, 2.45) is 5.92 Å². The van der Waals surface area contributed by atoms with Gasteiger partial charge < -0.3 is 5.32 Å². The molecule has 1 N–H and O–H groups in total. The van der Waals surface area contributed by atoms with Gasteiger partial charge in [0.25, 0.3) is 0 Å². The molecule has 16 heavy (non-hydrogen) atoms. The molecule has 90 valence electrons. The van der Waals surface area contributed by atoms with Gasteiger partial charge in [0.1, 0.15) is 5.82 Å². The highest BCUT2D eigenvalue weighted by Crippen LogP contribution is 2.29. The fourth-order valence-corrected chi connectivity index (χ4v) is 2.32. The maximum absolute atomic E-state index is 14.0. The van der Waals surface area contributed by atoms with Crippen LogP contribution < -0.4 is 5.32 Å². The first-order valence-electron chi connectivity index (χ1n) is 6.07. The van der Waals surface area contributed by atoms with Gasteiger partial charge in [0.15, 0.2) is 0 Å². The second-order valence-corrected chi connectivity index (χ2v) is 4.32. The first-order chi connectivity index (χ1) is 7.65. The molecule has 0 saturated carbocycles. The summed E-state index contributed by atoms with van der Waals surface area (Å²) in [5.41, 5.74) is 1.53.